The second kappa shape index (κ2) is 4.85. The molecule has 78 valence electrons. The molecule has 1 rings (SSSR count). The van der Waals surface area contributed by atoms with Crippen LogP contribution in [0.4, 0.5) is 0 Å². The number of aryl methyl sites for hydroxylation is 1. The molecule has 0 aromatic carbocycles. The van der Waals surface area contributed by atoms with E-state index in [0.29, 0.717) is 18.5 Å². The summed E-state index contributed by atoms with van der Waals surface area (Å²) in [5, 5.41) is 7.60. The standard InChI is InChI=1S/C9H15N3O2/c1-4-9(14-3)8(13)5-7-6-12(2)11-10-7/h6,9H,4-5H2,1-3H3. The van der Waals surface area contributed by atoms with E-state index in [2.05, 4.69) is 10.3 Å². The Morgan fingerprint density at radius 3 is 2.86 bits per heavy atom. The van der Waals surface area contributed by atoms with Gasteiger partial charge in [-0.15, -0.1) is 5.10 Å². The largest absolute Gasteiger partial charge is 0.374 e. The van der Waals surface area contributed by atoms with Crippen molar-refractivity contribution >= 4 is 5.78 Å². The molecule has 0 bridgehead atoms. The molecule has 0 saturated carbocycles. The van der Waals surface area contributed by atoms with Crippen molar-refractivity contribution in [2.75, 3.05) is 7.11 Å². The minimum atomic E-state index is -0.322. The van der Waals surface area contributed by atoms with Crippen LogP contribution in [0.2, 0.25) is 0 Å². The third-order valence-electron chi connectivity index (χ3n) is 2.02. The summed E-state index contributed by atoms with van der Waals surface area (Å²) in [6.45, 7) is 1.92. The van der Waals surface area contributed by atoms with Crippen molar-refractivity contribution in [1.29, 1.82) is 0 Å². The summed E-state index contributed by atoms with van der Waals surface area (Å²) < 4.78 is 6.62. The van der Waals surface area contributed by atoms with Gasteiger partial charge in [-0.2, -0.15) is 0 Å². The molecular formula is C9H15N3O2. The van der Waals surface area contributed by atoms with Gasteiger partial charge in [-0.3, -0.25) is 9.48 Å². The quantitative estimate of drug-likeness (QED) is 0.683. The summed E-state index contributed by atoms with van der Waals surface area (Å²) in [6, 6.07) is 0. The summed E-state index contributed by atoms with van der Waals surface area (Å²) in [6.07, 6.45) is 2.40. The number of methoxy groups -OCH3 is 1. The van der Waals surface area contributed by atoms with Gasteiger partial charge < -0.3 is 4.74 Å². The Morgan fingerprint density at radius 1 is 1.71 bits per heavy atom. The summed E-state index contributed by atoms with van der Waals surface area (Å²) in [4.78, 5) is 11.6. The number of ether oxygens (including phenoxy) is 1. The van der Waals surface area contributed by atoms with Crippen LogP contribution in [0.5, 0.6) is 0 Å². The lowest BCUT2D eigenvalue weighted by Crippen LogP contribution is -2.23. The third kappa shape index (κ3) is 2.63. The molecule has 0 aliphatic rings. The number of nitrogens with zero attached hydrogens (tertiary/aromatic N) is 3. The molecule has 1 atom stereocenters. The minimum Gasteiger partial charge on any atom is -0.374 e. The third-order valence-corrected chi connectivity index (χ3v) is 2.02. The maximum atomic E-state index is 11.6. The van der Waals surface area contributed by atoms with E-state index in [1.807, 2.05) is 6.92 Å². The number of rotatable bonds is 5. The molecule has 1 unspecified atom stereocenters. The zero-order chi connectivity index (χ0) is 10.6. The molecule has 0 N–H and O–H groups in total. The zero-order valence-electron chi connectivity index (χ0n) is 8.73. The predicted molar refractivity (Wildman–Crippen MR) is 50.8 cm³/mol. The highest BCUT2D eigenvalue weighted by atomic mass is 16.5. The van der Waals surface area contributed by atoms with Gasteiger partial charge >= 0.3 is 0 Å². The Balaban J connectivity index is 2.56. The maximum Gasteiger partial charge on any atom is 0.167 e. The number of Topliss-reactive ketones (excluding diaryl/α,β-unsaturated/α-hetero) is 1. The molecule has 0 spiro atoms. The fraction of sp³-hybridized carbons (Fsp3) is 0.667. The molecular weight excluding hydrogens is 182 g/mol. The van der Waals surface area contributed by atoms with Gasteiger partial charge in [0, 0.05) is 20.4 Å². The topological polar surface area (TPSA) is 57.0 Å². The zero-order valence-corrected chi connectivity index (χ0v) is 8.73. The molecule has 0 aliphatic carbocycles. The first-order chi connectivity index (χ1) is 6.67. The van der Waals surface area contributed by atoms with Crippen LogP contribution in [-0.2, 0) is 23.0 Å². The molecule has 0 aliphatic heterocycles. The van der Waals surface area contributed by atoms with Crippen LogP contribution in [0, 0.1) is 0 Å². The summed E-state index contributed by atoms with van der Waals surface area (Å²) in [5.74, 6) is 0.0514. The number of aromatic nitrogens is 3. The van der Waals surface area contributed by atoms with Crippen LogP contribution in [0.3, 0.4) is 0 Å². The van der Waals surface area contributed by atoms with Crippen molar-refractivity contribution in [2.45, 2.75) is 25.9 Å². The van der Waals surface area contributed by atoms with Gasteiger partial charge in [0.15, 0.2) is 5.78 Å². The predicted octanol–water partition coefficient (Wildman–Crippen LogP) is 0.352. The van der Waals surface area contributed by atoms with Crippen LogP contribution < -0.4 is 0 Å². The van der Waals surface area contributed by atoms with E-state index < -0.39 is 0 Å². The van der Waals surface area contributed by atoms with E-state index in [4.69, 9.17) is 4.74 Å². The van der Waals surface area contributed by atoms with Gasteiger partial charge in [-0.05, 0) is 6.42 Å². The van der Waals surface area contributed by atoms with Gasteiger partial charge in [0.2, 0.25) is 0 Å². The molecule has 0 fully saturated rings. The van der Waals surface area contributed by atoms with Crippen molar-refractivity contribution in [1.82, 2.24) is 15.0 Å². The van der Waals surface area contributed by atoms with Gasteiger partial charge in [0.25, 0.3) is 0 Å². The molecule has 0 amide bonds. The average molecular weight is 197 g/mol. The molecule has 5 nitrogen and oxygen atoms in total. The van der Waals surface area contributed by atoms with Gasteiger partial charge in [-0.25, -0.2) is 0 Å². The van der Waals surface area contributed by atoms with Crippen LogP contribution in [-0.4, -0.2) is 34.0 Å². The number of ketones is 1. The Hall–Kier alpha value is -1.23. The summed E-state index contributed by atoms with van der Waals surface area (Å²) in [5.41, 5.74) is 0.688. The maximum absolute atomic E-state index is 11.6. The first-order valence-corrected chi connectivity index (χ1v) is 4.58. The second-order valence-electron chi connectivity index (χ2n) is 3.16. The van der Waals surface area contributed by atoms with E-state index in [1.54, 1.807) is 25.0 Å². The Bertz CT molecular complexity index is 305. The monoisotopic (exact) mass is 197 g/mol. The molecule has 0 saturated heterocycles. The van der Waals surface area contributed by atoms with Crippen molar-refractivity contribution in [3.05, 3.63) is 11.9 Å². The van der Waals surface area contributed by atoms with Gasteiger partial charge in [0.1, 0.15) is 6.10 Å². The van der Waals surface area contributed by atoms with Crippen LogP contribution >= 0.6 is 0 Å². The van der Waals surface area contributed by atoms with Gasteiger partial charge in [-0.1, -0.05) is 12.1 Å². The average Bonchev–Trinajstić information content (AvgIpc) is 2.53. The molecule has 0 radical (unpaired) electrons. The Labute approximate surface area is 83.1 Å². The summed E-state index contributed by atoms with van der Waals surface area (Å²) >= 11 is 0. The van der Waals surface area contributed by atoms with Crippen molar-refractivity contribution < 1.29 is 9.53 Å². The highest BCUT2D eigenvalue weighted by molar-refractivity contribution is 5.84. The Morgan fingerprint density at radius 2 is 2.43 bits per heavy atom. The van der Waals surface area contributed by atoms with Crippen molar-refractivity contribution in [3.63, 3.8) is 0 Å². The minimum absolute atomic E-state index is 0.0514. The summed E-state index contributed by atoms with van der Waals surface area (Å²) in [7, 11) is 3.32. The molecule has 1 heterocycles. The van der Waals surface area contributed by atoms with Crippen LogP contribution in [0.15, 0.2) is 6.20 Å². The second-order valence-corrected chi connectivity index (χ2v) is 3.16. The van der Waals surface area contributed by atoms with E-state index in [-0.39, 0.29) is 11.9 Å². The number of hydrogen-bond donors (Lipinski definition) is 0. The number of hydrogen-bond acceptors (Lipinski definition) is 4. The number of carbonyl (C=O) groups is 1. The fourth-order valence-electron chi connectivity index (χ4n) is 1.29. The number of carbonyl (C=O) groups excluding carboxylic acids is 1. The van der Waals surface area contributed by atoms with E-state index in [1.165, 1.54) is 0 Å². The smallest absolute Gasteiger partial charge is 0.167 e. The van der Waals surface area contributed by atoms with E-state index in [9.17, 15) is 4.79 Å². The van der Waals surface area contributed by atoms with Crippen LogP contribution in [0.1, 0.15) is 19.0 Å². The molecule has 1 aromatic heterocycles. The highest BCUT2D eigenvalue weighted by Crippen LogP contribution is 2.03. The fourth-order valence-corrected chi connectivity index (χ4v) is 1.29. The van der Waals surface area contributed by atoms with Crippen molar-refractivity contribution in [2.24, 2.45) is 7.05 Å². The Kier molecular flexibility index (Phi) is 3.76. The normalized spacial score (nSPS) is 12.8. The lowest BCUT2D eigenvalue weighted by molar-refractivity contribution is -0.128. The molecule has 14 heavy (non-hydrogen) atoms. The van der Waals surface area contributed by atoms with Crippen LogP contribution in [0.25, 0.3) is 0 Å². The first-order valence-electron chi connectivity index (χ1n) is 4.58. The molecule has 1 aromatic rings. The van der Waals surface area contributed by atoms with Gasteiger partial charge in [0.05, 0.1) is 12.1 Å². The van der Waals surface area contributed by atoms with Crippen molar-refractivity contribution in [3.8, 4) is 0 Å². The first kappa shape index (κ1) is 10.8. The molecule has 5 heteroatoms. The highest BCUT2D eigenvalue weighted by Gasteiger charge is 2.16. The van der Waals surface area contributed by atoms with E-state index >= 15 is 0 Å². The lowest BCUT2D eigenvalue weighted by atomic mass is 10.1. The SMILES string of the molecule is CCC(OC)C(=O)Cc1cn(C)nn1. The van der Waals surface area contributed by atoms with E-state index in [0.717, 1.165) is 0 Å². The lowest BCUT2D eigenvalue weighted by Gasteiger charge is -2.09.